The summed E-state index contributed by atoms with van der Waals surface area (Å²) in [5, 5.41) is 7.20. The molecule has 1 atom stereocenters. The molecule has 0 spiro atoms. The van der Waals surface area contributed by atoms with Crippen LogP contribution in [0.1, 0.15) is 35.6 Å². The van der Waals surface area contributed by atoms with Crippen LogP contribution in [0.25, 0.3) is 0 Å². The summed E-state index contributed by atoms with van der Waals surface area (Å²) >= 11 is 5.45. The first-order chi connectivity index (χ1) is 11.2. The van der Waals surface area contributed by atoms with Gasteiger partial charge in [0.1, 0.15) is 11.6 Å². The van der Waals surface area contributed by atoms with E-state index in [-0.39, 0.29) is 6.04 Å². The van der Waals surface area contributed by atoms with Crippen molar-refractivity contribution in [3.05, 3.63) is 53.2 Å². The molecule has 0 fully saturated rings. The predicted molar refractivity (Wildman–Crippen MR) is 97.0 cm³/mol. The number of anilines is 1. The topological polar surface area (TPSA) is 46.2 Å². The number of nitrogens with one attached hydrogen (secondary N) is 2. The Balaban J connectivity index is 1.70. The Morgan fingerprint density at radius 2 is 2.17 bits per heavy atom. The minimum atomic E-state index is 0.231. The summed E-state index contributed by atoms with van der Waals surface area (Å²) in [4.78, 5) is 4.28. The summed E-state index contributed by atoms with van der Waals surface area (Å²) in [5.74, 6) is 1.68. The molecule has 5 heteroatoms. The lowest BCUT2D eigenvalue weighted by Crippen LogP contribution is -2.34. The largest absolute Gasteiger partial charge is 0.497 e. The number of aryl methyl sites for hydroxylation is 2. The standard InChI is InChI=1S/C18H21N3OS/c1-12-8-9-19-17(10-12)21-18(23)20-16-5-3-4-13-11-14(22-2)6-7-15(13)16/h6-11,16H,3-5H2,1-2H3,(H2,19,20,21,23)/t16-/m0/s1. The first-order valence-corrected chi connectivity index (χ1v) is 8.23. The Bertz CT molecular complexity index is 717. The number of ether oxygens (including phenoxy) is 1. The summed E-state index contributed by atoms with van der Waals surface area (Å²) in [6, 6.07) is 10.5. The second-order valence-corrected chi connectivity index (χ2v) is 6.23. The van der Waals surface area contributed by atoms with E-state index in [0.717, 1.165) is 36.4 Å². The minimum absolute atomic E-state index is 0.231. The van der Waals surface area contributed by atoms with E-state index in [2.05, 4.69) is 27.8 Å². The van der Waals surface area contributed by atoms with Gasteiger partial charge in [0.2, 0.25) is 0 Å². The molecule has 0 amide bonds. The third kappa shape index (κ3) is 3.79. The highest BCUT2D eigenvalue weighted by atomic mass is 32.1. The summed E-state index contributed by atoms with van der Waals surface area (Å²) < 4.78 is 5.32. The molecule has 1 heterocycles. The van der Waals surface area contributed by atoms with Gasteiger partial charge in [0, 0.05) is 6.20 Å². The van der Waals surface area contributed by atoms with E-state index in [1.807, 2.05) is 25.1 Å². The Kier molecular flexibility index (Phi) is 4.76. The van der Waals surface area contributed by atoms with Crippen molar-refractivity contribution in [3.63, 3.8) is 0 Å². The molecular weight excluding hydrogens is 306 g/mol. The molecule has 2 N–H and O–H groups in total. The van der Waals surface area contributed by atoms with Crippen LogP contribution in [0.3, 0.4) is 0 Å². The van der Waals surface area contributed by atoms with Crippen LogP contribution >= 0.6 is 12.2 Å². The number of benzene rings is 1. The molecule has 1 aliphatic rings. The third-order valence-corrected chi connectivity index (χ3v) is 4.35. The number of rotatable bonds is 3. The lowest BCUT2D eigenvalue weighted by atomic mass is 9.87. The third-order valence-electron chi connectivity index (χ3n) is 4.13. The summed E-state index contributed by atoms with van der Waals surface area (Å²) in [6.45, 7) is 2.04. The van der Waals surface area contributed by atoms with Crippen LogP contribution < -0.4 is 15.4 Å². The molecule has 1 aromatic heterocycles. The highest BCUT2D eigenvalue weighted by Gasteiger charge is 2.21. The molecule has 120 valence electrons. The summed E-state index contributed by atoms with van der Waals surface area (Å²) in [6.07, 6.45) is 5.08. The fourth-order valence-corrected chi connectivity index (χ4v) is 3.23. The zero-order chi connectivity index (χ0) is 16.2. The van der Waals surface area contributed by atoms with Crippen molar-refractivity contribution < 1.29 is 4.74 Å². The maximum Gasteiger partial charge on any atom is 0.172 e. The van der Waals surface area contributed by atoms with Gasteiger partial charge in [-0.3, -0.25) is 0 Å². The smallest absolute Gasteiger partial charge is 0.172 e. The van der Waals surface area contributed by atoms with Crippen molar-refractivity contribution in [1.82, 2.24) is 10.3 Å². The van der Waals surface area contributed by atoms with Crippen molar-refractivity contribution in [2.45, 2.75) is 32.2 Å². The Morgan fingerprint density at radius 3 is 2.96 bits per heavy atom. The molecule has 1 aliphatic carbocycles. The second kappa shape index (κ2) is 6.96. The molecule has 0 saturated heterocycles. The van der Waals surface area contributed by atoms with Gasteiger partial charge in [0.15, 0.2) is 5.11 Å². The van der Waals surface area contributed by atoms with Gasteiger partial charge in [-0.15, -0.1) is 0 Å². The number of hydrogen-bond donors (Lipinski definition) is 2. The van der Waals surface area contributed by atoms with Crippen molar-refractivity contribution in [2.75, 3.05) is 12.4 Å². The summed E-state index contributed by atoms with van der Waals surface area (Å²) in [5.41, 5.74) is 3.79. The van der Waals surface area contributed by atoms with Crippen LogP contribution in [-0.4, -0.2) is 17.2 Å². The molecule has 4 nitrogen and oxygen atoms in total. The average molecular weight is 327 g/mol. The zero-order valence-corrected chi connectivity index (χ0v) is 14.2. The minimum Gasteiger partial charge on any atom is -0.497 e. The normalized spacial score (nSPS) is 16.3. The molecule has 2 aromatic rings. The van der Waals surface area contributed by atoms with Crippen molar-refractivity contribution >= 4 is 23.1 Å². The number of thiocarbonyl (C=S) groups is 1. The fraction of sp³-hybridized carbons (Fsp3) is 0.333. The molecule has 23 heavy (non-hydrogen) atoms. The monoisotopic (exact) mass is 327 g/mol. The summed E-state index contributed by atoms with van der Waals surface area (Å²) in [7, 11) is 1.70. The van der Waals surface area contributed by atoms with Gasteiger partial charge in [0.25, 0.3) is 0 Å². The van der Waals surface area contributed by atoms with Crippen molar-refractivity contribution in [2.24, 2.45) is 0 Å². The van der Waals surface area contributed by atoms with Crippen LogP contribution in [0.2, 0.25) is 0 Å². The SMILES string of the molecule is COc1ccc2c(c1)CCC[C@@H]2NC(=S)Nc1cc(C)ccn1. The van der Waals surface area contributed by atoms with Gasteiger partial charge in [-0.1, -0.05) is 6.07 Å². The van der Waals surface area contributed by atoms with Gasteiger partial charge < -0.3 is 15.4 Å². The van der Waals surface area contributed by atoms with Crippen LogP contribution in [-0.2, 0) is 6.42 Å². The van der Waals surface area contributed by atoms with Crippen LogP contribution in [0.4, 0.5) is 5.82 Å². The number of aromatic nitrogens is 1. The van der Waals surface area contributed by atoms with Crippen LogP contribution in [0.15, 0.2) is 36.5 Å². The first kappa shape index (κ1) is 15.7. The van der Waals surface area contributed by atoms with E-state index in [0.29, 0.717) is 5.11 Å². The lowest BCUT2D eigenvalue weighted by molar-refractivity contribution is 0.412. The zero-order valence-electron chi connectivity index (χ0n) is 13.4. The van der Waals surface area contributed by atoms with Crippen LogP contribution in [0.5, 0.6) is 5.75 Å². The molecular formula is C18H21N3OS. The quantitative estimate of drug-likeness (QED) is 0.841. The van der Waals surface area contributed by atoms with E-state index in [1.165, 1.54) is 11.1 Å². The molecule has 0 unspecified atom stereocenters. The Morgan fingerprint density at radius 1 is 1.30 bits per heavy atom. The van der Waals surface area contributed by atoms with Gasteiger partial charge in [-0.25, -0.2) is 4.98 Å². The first-order valence-electron chi connectivity index (χ1n) is 7.82. The molecule has 3 rings (SSSR count). The van der Waals surface area contributed by atoms with E-state index < -0.39 is 0 Å². The van der Waals surface area contributed by atoms with Crippen molar-refractivity contribution in [1.29, 1.82) is 0 Å². The highest BCUT2D eigenvalue weighted by Crippen LogP contribution is 2.32. The lowest BCUT2D eigenvalue weighted by Gasteiger charge is -2.28. The van der Waals surface area contributed by atoms with Gasteiger partial charge in [0.05, 0.1) is 13.2 Å². The Hall–Kier alpha value is -2.14. The number of fused-ring (bicyclic) bond motifs is 1. The number of hydrogen-bond acceptors (Lipinski definition) is 3. The van der Waals surface area contributed by atoms with E-state index in [4.69, 9.17) is 17.0 Å². The molecule has 0 saturated carbocycles. The Labute approximate surface area is 142 Å². The second-order valence-electron chi connectivity index (χ2n) is 5.83. The van der Waals surface area contributed by atoms with E-state index in [1.54, 1.807) is 13.3 Å². The van der Waals surface area contributed by atoms with Gasteiger partial charge in [-0.2, -0.15) is 0 Å². The fourth-order valence-electron chi connectivity index (χ4n) is 2.98. The average Bonchev–Trinajstić information content (AvgIpc) is 2.54. The van der Waals surface area contributed by atoms with Gasteiger partial charge in [-0.05, 0) is 79.4 Å². The number of pyridine rings is 1. The van der Waals surface area contributed by atoms with Crippen molar-refractivity contribution in [3.8, 4) is 5.75 Å². The highest BCUT2D eigenvalue weighted by molar-refractivity contribution is 7.80. The maximum atomic E-state index is 5.45. The van der Waals surface area contributed by atoms with Crippen LogP contribution in [0, 0.1) is 6.92 Å². The molecule has 0 aliphatic heterocycles. The molecule has 0 radical (unpaired) electrons. The number of methoxy groups -OCH3 is 1. The predicted octanol–water partition coefficient (Wildman–Crippen LogP) is 3.76. The van der Waals surface area contributed by atoms with Gasteiger partial charge >= 0.3 is 0 Å². The molecule has 1 aromatic carbocycles. The maximum absolute atomic E-state index is 5.45. The van der Waals surface area contributed by atoms with E-state index in [9.17, 15) is 0 Å². The number of nitrogens with zero attached hydrogens (tertiary/aromatic N) is 1. The van der Waals surface area contributed by atoms with E-state index >= 15 is 0 Å². The molecule has 0 bridgehead atoms.